The Labute approximate surface area is 134 Å². The number of carbonyl (C=O) groups excluding carboxylic acids is 1. The van der Waals surface area contributed by atoms with Gasteiger partial charge in [0, 0.05) is 38.0 Å². The van der Waals surface area contributed by atoms with Crippen LogP contribution in [-0.2, 0) is 0 Å². The number of alkyl halides is 2. The van der Waals surface area contributed by atoms with Crippen molar-refractivity contribution in [3.8, 4) is 0 Å². The molecule has 1 N–H and O–H groups in total. The van der Waals surface area contributed by atoms with Crippen molar-refractivity contribution in [1.82, 2.24) is 15.4 Å². The average Bonchev–Trinajstić information content (AvgIpc) is 3.09. The Morgan fingerprint density at radius 2 is 2.17 bits per heavy atom. The fourth-order valence-electron chi connectivity index (χ4n) is 3.03. The standard InChI is InChI=1S/C16H23F2N3O2/c1-9-7-21(10(2)16(3,17)18)8-13(9)19-15(22)12-6-14(23-20-12)11-4-5-11/h6,9-11,13H,4-5,7-8H2,1-3H3,(H,19,22)/t9-,10?,13+/m0/s1. The van der Waals surface area contributed by atoms with Crippen LogP contribution in [-0.4, -0.2) is 47.1 Å². The molecule has 3 rings (SSSR count). The van der Waals surface area contributed by atoms with Gasteiger partial charge in [0.25, 0.3) is 11.8 Å². The van der Waals surface area contributed by atoms with Crippen LogP contribution in [0.15, 0.2) is 10.6 Å². The van der Waals surface area contributed by atoms with Crippen LogP contribution >= 0.6 is 0 Å². The van der Waals surface area contributed by atoms with E-state index in [1.165, 1.54) is 6.92 Å². The van der Waals surface area contributed by atoms with E-state index >= 15 is 0 Å². The topological polar surface area (TPSA) is 58.4 Å². The normalized spacial score (nSPS) is 27.2. The van der Waals surface area contributed by atoms with Gasteiger partial charge in [-0.2, -0.15) is 0 Å². The number of aromatic nitrogens is 1. The molecule has 1 aliphatic carbocycles. The summed E-state index contributed by atoms with van der Waals surface area (Å²) in [7, 11) is 0. The third kappa shape index (κ3) is 3.54. The first-order valence-corrected chi connectivity index (χ1v) is 8.15. The summed E-state index contributed by atoms with van der Waals surface area (Å²) in [6.07, 6.45) is 2.15. The van der Waals surface area contributed by atoms with Crippen molar-refractivity contribution in [1.29, 1.82) is 0 Å². The first kappa shape index (κ1) is 16.4. The van der Waals surface area contributed by atoms with Gasteiger partial charge in [-0.1, -0.05) is 12.1 Å². The van der Waals surface area contributed by atoms with E-state index in [9.17, 15) is 13.6 Å². The number of rotatable bonds is 5. The molecule has 1 saturated heterocycles. The minimum Gasteiger partial charge on any atom is -0.360 e. The van der Waals surface area contributed by atoms with E-state index in [1.54, 1.807) is 11.0 Å². The van der Waals surface area contributed by atoms with Crippen LogP contribution in [0.25, 0.3) is 0 Å². The number of nitrogens with zero attached hydrogens (tertiary/aromatic N) is 2. The second-order valence-electron chi connectivity index (χ2n) is 7.03. The molecule has 1 saturated carbocycles. The summed E-state index contributed by atoms with van der Waals surface area (Å²) in [5.74, 6) is -1.79. The molecule has 1 unspecified atom stereocenters. The monoisotopic (exact) mass is 327 g/mol. The van der Waals surface area contributed by atoms with Gasteiger partial charge in [0.15, 0.2) is 5.69 Å². The smallest absolute Gasteiger partial charge is 0.273 e. The molecule has 1 aromatic rings. The van der Waals surface area contributed by atoms with Gasteiger partial charge in [-0.25, -0.2) is 8.78 Å². The lowest BCUT2D eigenvalue weighted by molar-refractivity contribution is -0.0537. The minimum atomic E-state index is -2.76. The molecule has 23 heavy (non-hydrogen) atoms. The molecule has 1 amide bonds. The molecule has 0 radical (unpaired) electrons. The molecular weight excluding hydrogens is 304 g/mol. The van der Waals surface area contributed by atoms with E-state index in [4.69, 9.17) is 4.52 Å². The molecule has 2 aliphatic rings. The number of nitrogens with one attached hydrogen (secondary N) is 1. The first-order valence-electron chi connectivity index (χ1n) is 8.15. The van der Waals surface area contributed by atoms with Gasteiger partial charge in [0.1, 0.15) is 5.76 Å². The van der Waals surface area contributed by atoms with Crippen molar-refractivity contribution >= 4 is 5.91 Å². The van der Waals surface area contributed by atoms with Crippen molar-refractivity contribution in [2.45, 2.75) is 57.5 Å². The Morgan fingerprint density at radius 3 is 2.78 bits per heavy atom. The van der Waals surface area contributed by atoms with Crippen molar-refractivity contribution in [3.05, 3.63) is 17.5 Å². The van der Waals surface area contributed by atoms with Gasteiger partial charge < -0.3 is 9.84 Å². The van der Waals surface area contributed by atoms with Gasteiger partial charge >= 0.3 is 0 Å². The zero-order valence-corrected chi connectivity index (χ0v) is 13.7. The van der Waals surface area contributed by atoms with Crippen molar-refractivity contribution < 1.29 is 18.1 Å². The van der Waals surface area contributed by atoms with Crippen LogP contribution in [0.3, 0.4) is 0 Å². The number of hydrogen-bond donors (Lipinski definition) is 1. The van der Waals surface area contributed by atoms with Crippen molar-refractivity contribution in [2.24, 2.45) is 5.92 Å². The predicted molar refractivity (Wildman–Crippen MR) is 80.6 cm³/mol. The summed E-state index contributed by atoms with van der Waals surface area (Å²) in [5, 5.41) is 6.72. The van der Waals surface area contributed by atoms with E-state index in [0.717, 1.165) is 25.5 Å². The molecule has 5 nitrogen and oxygen atoms in total. The van der Waals surface area contributed by atoms with Gasteiger partial charge in [0.2, 0.25) is 0 Å². The number of amides is 1. The summed E-state index contributed by atoms with van der Waals surface area (Å²) in [4.78, 5) is 14.0. The Balaban J connectivity index is 1.59. The Hall–Kier alpha value is -1.50. The quantitative estimate of drug-likeness (QED) is 0.903. The molecular formula is C16H23F2N3O2. The van der Waals surface area contributed by atoms with E-state index < -0.39 is 12.0 Å². The van der Waals surface area contributed by atoms with Crippen LogP contribution in [0.5, 0.6) is 0 Å². The third-order valence-electron chi connectivity index (χ3n) is 4.98. The van der Waals surface area contributed by atoms with Gasteiger partial charge in [-0.15, -0.1) is 0 Å². The highest BCUT2D eigenvalue weighted by Gasteiger charge is 2.41. The van der Waals surface area contributed by atoms with Gasteiger partial charge in [0.05, 0.1) is 6.04 Å². The molecule has 1 aromatic heterocycles. The lowest BCUT2D eigenvalue weighted by Crippen LogP contribution is -2.45. The van der Waals surface area contributed by atoms with Crippen LogP contribution in [0.1, 0.15) is 55.8 Å². The van der Waals surface area contributed by atoms with Crippen LogP contribution in [0.4, 0.5) is 8.78 Å². The Kier molecular flexibility index (Phi) is 4.16. The molecule has 3 atom stereocenters. The zero-order chi connectivity index (χ0) is 16.8. The third-order valence-corrected chi connectivity index (χ3v) is 4.98. The number of likely N-dealkylation sites (tertiary alicyclic amines) is 1. The predicted octanol–water partition coefficient (Wildman–Crippen LogP) is 2.65. The second kappa shape index (κ2) is 5.85. The van der Waals surface area contributed by atoms with E-state index in [2.05, 4.69) is 10.5 Å². The van der Waals surface area contributed by atoms with E-state index in [0.29, 0.717) is 19.0 Å². The van der Waals surface area contributed by atoms with Crippen LogP contribution in [0, 0.1) is 5.92 Å². The summed E-state index contributed by atoms with van der Waals surface area (Å²) < 4.78 is 32.1. The average molecular weight is 327 g/mol. The number of hydrogen-bond acceptors (Lipinski definition) is 4. The fourth-order valence-corrected chi connectivity index (χ4v) is 3.03. The fraction of sp³-hybridized carbons (Fsp3) is 0.750. The van der Waals surface area contributed by atoms with Crippen molar-refractivity contribution in [3.63, 3.8) is 0 Å². The lowest BCUT2D eigenvalue weighted by Gasteiger charge is -2.29. The summed E-state index contributed by atoms with van der Waals surface area (Å²) in [6, 6.07) is 0.682. The van der Waals surface area contributed by atoms with Crippen LogP contribution < -0.4 is 5.32 Å². The summed E-state index contributed by atoms with van der Waals surface area (Å²) in [6.45, 7) is 5.38. The molecule has 0 spiro atoms. The van der Waals surface area contributed by atoms with Gasteiger partial charge in [-0.05, 0) is 25.7 Å². The maximum absolute atomic E-state index is 13.5. The lowest BCUT2D eigenvalue weighted by atomic mass is 10.1. The highest BCUT2D eigenvalue weighted by atomic mass is 19.3. The Bertz CT molecular complexity index is 580. The zero-order valence-electron chi connectivity index (χ0n) is 13.7. The molecule has 128 valence electrons. The molecule has 2 heterocycles. The van der Waals surface area contributed by atoms with E-state index in [1.807, 2.05) is 6.92 Å². The SMILES string of the molecule is CC(N1C[C@H](C)[C@H](NC(=O)c2cc(C3CC3)on2)C1)C(C)(F)F. The maximum Gasteiger partial charge on any atom is 0.273 e. The highest BCUT2D eigenvalue weighted by molar-refractivity contribution is 5.92. The number of halogens is 2. The second-order valence-corrected chi connectivity index (χ2v) is 7.03. The summed E-state index contributed by atoms with van der Waals surface area (Å²) >= 11 is 0. The number of carbonyl (C=O) groups is 1. The molecule has 0 aromatic carbocycles. The first-order chi connectivity index (χ1) is 10.8. The van der Waals surface area contributed by atoms with E-state index in [-0.39, 0.29) is 23.6 Å². The van der Waals surface area contributed by atoms with Crippen molar-refractivity contribution in [2.75, 3.05) is 13.1 Å². The molecule has 0 bridgehead atoms. The molecule has 2 fully saturated rings. The minimum absolute atomic E-state index is 0.110. The highest BCUT2D eigenvalue weighted by Crippen LogP contribution is 2.40. The molecule has 1 aliphatic heterocycles. The van der Waals surface area contributed by atoms with Gasteiger partial charge in [-0.3, -0.25) is 9.69 Å². The Morgan fingerprint density at radius 1 is 1.48 bits per heavy atom. The largest absolute Gasteiger partial charge is 0.360 e. The molecule has 7 heteroatoms. The maximum atomic E-state index is 13.5. The van der Waals surface area contributed by atoms with Crippen LogP contribution in [0.2, 0.25) is 0 Å². The summed E-state index contributed by atoms with van der Waals surface area (Å²) in [5.41, 5.74) is 0.270.